The summed E-state index contributed by atoms with van der Waals surface area (Å²) in [6.45, 7) is 8.80. The predicted molar refractivity (Wildman–Crippen MR) is 87.0 cm³/mol. The van der Waals surface area contributed by atoms with Crippen LogP contribution in [0, 0.1) is 5.82 Å². The summed E-state index contributed by atoms with van der Waals surface area (Å²) in [6.07, 6.45) is 0.384. The van der Waals surface area contributed by atoms with Gasteiger partial charge in [-0.25, -0.2) is 9.18 Å². The lowest BCUT2D eigenvalue weighted by Gasteiger charge is -2.27. The number of likely N-dealkylation sites (tertiary alicyclic amines) is 1. The summed E-state index contributed by atoms with van der Waals surface area (Å²) in [4.78, 5) is 13.8. The van der Waals surface area contributed by atoms with Gasteiger partial charge in [-0.2, -0.15) is 0 Å². The Morgan fingerprint density at radius 2 is 2.13 bits per heavy atom. The average molecular weight is 344 g/mol. The standard InChI is InChI=1S/C17H23ClFNO3/c1-16(2,3)23-15(21)20-8-7-17(4,11-20)22-10-12-5-6-13(19)9-14(12)18/h5-6,9H,7-8,10-11H2,1-4H3. The molecule has 1 saturated heterocycles. The highest BCUT2D eigenvalue weighted by Crippen LogP contribution is 2.29. The summed E-state index contributed by atoms with van der Waals surface area (Å²) in [5, 5.41) is 0.343. The average Bonchev–Trinajstić information content (AvgIpc) is 2.79. The van der Waals surface area contributed by atoms with E-state index in [4.69, 9.17) is 21.1 Å². The first-order valence-corrected chi connectivity index (χ1v) is 8.02. The topological polar surface area (TPSA) is 38.8 Å². The fourth-order valence-electron chi connectivity index (χ4n) is 2.42. The molecule has 0 radical (unpaired) electrons. The fourth-order valence-corrected chi connectivity index (χ4v) is 2.65. The molecule has 1 fully saturated rings. The molecule has 6 heteroatoms. The Labute approximate surface area is 141 Å². The van der Waals surface area contributed by atoms with Gasteiger partial charge in [0.15, 0.2) is 0 Å². The fraction of sp³-hybridized carbons (Fsp3) is 0.588. The Morgan fingerprint density at radius 3 is 2.74 bits per heavy atom. The quantitative estimate of drug-likeness (QED) is 0.816. The Morgan fingerprint density at radius 1 is 1.43 bits per heavy atom. The van der Waals surface area contributed by atoms with E-state index >= 15 is 0 Å². The van der Waals surface area contributed by atoms with Gasteiger partial charge in [-0.3, -0.25) is 0 Å². The Bertz CT molecular complexity index is 588. The summed E-state index contributed by atoms with van der Waals surface area (Å²) in [5.74, 6) is -0.373. The van der Waals surface area contributed by atoms with Crippen molar-refractivity contribution in [1.82, 2.24) is 4.90 Å². The Balaban J connectivity index is 1.92. The highest BCUT2D eigenvalue weighted by atomic mass is 35.5. The van der Waals surface area contributed by atoms with Crippen molar-refractivity contribution in [3.63, 3.8) is 0 Å². The van der Waals surface area contributed by atoms with E-state index in [1.807, 2.05) is 27.7 Å². The van der Waals surface area contributed by atoms with Crippen LogP contribution in [0.2, 0.25) is 5.02 Å². The van der Waals surface area contributed by atoms with E-state index in [0.717, 1.165) is 5.56 Å². The van der Waals surface area contributed by atoms with Crippen LogP contribution in [-0.4, -0.2) is 35.3 Å². The molecule has 4 nitrogen and oxygen atoms in total. The molecule has 0 spiro atoms. The van der Waals surface area contributed by atoms with Gasteiger partial charge in [0.05, 0.1) is 18.8 Å². The number of hydrogen-bond donors (Lipinski definition) is 0. The normalized spacial score (nSPS) is 21.6. The van der Waals surface area contributed by atoms with Gasteiger partial charge in [0.25, 0.3) is 0 Å². The van der Waals surface area contributed by atoms with Crippen molar-refractivity contribution in [1.29, 1.82) is 0 Å². The van der Waals surface area contributed by atoms with Gasteiger partial charge in [0.2, 0.25) is 0 Å². The van der Waals surface area contributed by atoms with Gasteiger partial charge in [-0.05, 0) is 51.8 Å². The third kappa shape index (κ3) is 5.08. The first-order chi connectivity index (χ1) is 10.6. The van der Waals surface area contributed by atoms with Gasteiger partial charge in [-0.15, -0.1) is 0 Å². The molecule has 1 amide bonds. The number of benzene rings is 1. The Kier molecular flexibility index (Phi) is 5.21. The number of ether oxygens (including phenoxy) is 2. The number of nitrogens with zero attached hydrogens (tertiary/aromatic N) is 1. The van der Waals surface area contributed by atoms with Crippen LogP contribution >= 0.6 is 11.6 Å². The lowest BCUT2D eigenvalue weighted by Crippen LogP contribution is -2.39. The van der Waals surface area contributed by atoms with Gasteiger partial charge >= 0.3 is 6.09 Å². The lowest BCUT2D eigenvalue weighted by molar-refractivity contribution is -0.0374. The molecule has 0 aliphatic carbocycles. The van der Waals surface area contributed by atoms with Crippen molar-refractivity contribution in [2.45, 2.75) is 51.9 Å². The van der Waals surface area contributed by atoms with Gasteiger partial charge in [-0.1, -0.05) is 17.7 Å². The van der Waals surface area contributed by atoms with Gasteiger partial charge < -0.3 is 14.4 Å². The molecule has 1 heterocycles. The van der Waals surface area contributed by atoms with E-state index in [1.54, 1.807) is 11.0 Å². The summed E-state index contributed by atoms with van der Waals surface area (Å²) < 4.78 is 24.4. The SMILES string of the molecule is CC(C)(C)OC(=O)N1CCC(C)(OCc2ccc(F)cc2Cl)C1. The minimum absolute atomic E-state index is 0.276. The van der Waals surface area contributed by atoms with Crippen LogP contribution in [0.3, 0.4) is 0 Å². The molecule has 1 unspecified atom stereocenters. The van der Waals surface area contributed by atoms with Crippen LogP contribution in [0.15, 0.2) is 18.2 Å². The van der Waals surface area contributed by atoms with Gasteiger partial charge in [0.1, 0.15) is 11.4 Å². The molecule has 0 bridgehead atoms. The molecule has 1 aliphatic heterocycles. The maximum atomic E-state index is 13.1. The molecule has 0 saturated carbocycles. The van der Waals surface area contributed by atoms with Crippen molar-refractivity contribution in [3.05, 3.63) is 34.6 Å². The minimum atomic E-state index is -0.515. The lowest BCUT2D eigenvalue weighted by atomic mass is 10.1. The second-order valence-corrected chi connectivity index (χ2v) is 7.53. The number of hydrogen-bond acceptors (Lipinski definition) is 3. The van der Waals surface area contributed by atoms with E-state index in [0.29, 0.717) is 24.5 Å². The summed E-state index contributed by atoms with van der Waals surface area (Å²) in [7, 11) is 0. The van der Waals surface area contributed by atoms with Crippen molar-refractivity contribution in [2.75, 3.05) is 13.1 Å². The van der Waals surface area contributed by atoms with Crippen LogP contribution in [0.25, 0.3) is 0 Å². The zero-order valence-corrected chi connectivity index (χ0v) is 14.7. The first kappa shape index (κ1) is 18.0. The highest BCUT2D eigenvalue weighted by Gasteiger charge is 2.38. The maximum absolute atomic E-state index is 13.1. The van der Waals surface area contributed by atoms with Crippen LogP contribution in [0.1, 0.15) is 39.7 Å². The minimum Gasteiger partial charge on any atom is -0.444 e. The molecule has 1 aromatic rings. The monoisotopic (exact) mass is 343 g/mol. The first-order valence-electron chi connectivity index (χ1n) is 7.64. The second-order valence-electron chi connectivity index (χ2n) is 7.13. The molecule has 0 N–H and O–H groups in total. The van der Waals surface area contributed by atoms with Crippen molar-refractivity contribution in [3.8, 4) is 0 Å². The highest BCUT2D eigenvalue weighted by molar-refractivity contribution is 6.31. The molecule has 1 atom stereocenters. The van der Waals surface area contributed by atoms with Crippen LogP contribution < -0.4 is 0 Å². The third-order valence-electron chi connectivity index (χ3n) is 3.68. The van der Waals surface area contributed by atoms with Crippen LogP contribution in [0.4, 0.5) is 9.18 Å². The molecule has 1 aromatic carbocycles. The summed E-state index contributed by atoms with van der Waals surface area (Å²) in [6, 6.07) is 4.24. The van der Waals surface area contributed by atoms with Crippen molar-refractivity contribution in [2.24, 2.45) is 0 Å². The number of carbonyl (C=O) groups is 1. The summed E-state index contributed by atoms with van der Waals surface area (Å²) >= 11 is 6.01. The molecular weight excluding hydrogens is 321 g/mol. The van der Waals surface area contributed by atoms with E-state index < -0.39 is 11.2 Å². The van der Waals surface area contributed by atoms with E-state index in [1.165, 1.54) is 12.1 Å². The van der Waals surface area contributed by atoms with Crippen LogP contribution in [0.5, 0.6) is 0 Å². The number of carbonyl (C=O) groups excluding carboxylic acids is 1. The molecule has 2 rings (SSSR count). The third-order valence-corrected chi connectivity index (χ3v) is 4.03. The number of rotatable bonds is 3. The number of halogens is 2. The zero-order chi connectivity index (χ0) is 17.3. The Hall–Kier alpha value is -1.33. The predicted octanol–water partition coefficient (Wildman–Crippen LogP) is 4.40. The molecule has 128 valence electrons. The van der Waals surface area contributed by atoms with E-state index in [2.05, 4.69) is 0 Å². The molecular formula is C17H23ClFNO3. The van der Waals surface area contributed by atoms with E-state index in [-0.39, 0.29) is 18.5 Å². The summed E-state index contributed by atoms with van der Waals surface area (Å²) in [5.41, 5.74) is -0.252. The molecule has 23 heavy (non-hydrogen) atoms. The number of amides is 1. The largest absolute Gasteiger partial charge is 0.444 e. The maximum Gasteiger partial charge on any atom is 0.410 e. The second kappa shape index (κ2) is 6.65. The van der Waals surface area contributed by atoms with Crippen LogP contribution in [-0.2, 0) is 16.1 Å². The zero-order valence-electron chi connectivity index (χ0n) is 14.0. The molecule has 0 aromatic heterocycles. The van der Waals surface area contributed by atoms with Gasteiger partial charge in [0, 0.05) is 11.6 Å². The van der Waals surface area contributed by atoms with E-state index in [9.17, 15) is 9.18 Å². The van der Waals surface area contributed by atoms with Crippen molar-refractivity contribution >= 4 is 17.7 Å². The molecule has 1 aliphatic rings. The smallest absolute Gasteiger partial charge is 0.410 e. The van der Waals surface area contributed by atoms with Crippen molar-refractivity contribution < 1.29 is 18.7 Å².